The van der Waals surface area contributed by atoms with Gasteiger partial charge >= 0.3 is 0 Å². The first kappa shape index (κ1) is 35.9. The number of fused-ring (bicyclic) bond motifs is 6. The highest BCUT2D eigenvalue weighted by Gasteiger charge is 2.24. The lowest BCUT2D eigenvalue weighted by Gasteiger charge is -2.21. The van der Waals surface area contributed by atoms with Crippen molar-refractivity contribution in [2.45, 2.75) is 0 Å². The molecule has 5 heteroatoms. The summed E-state index contributed by atoms with van der Waals surface area (Å²) in [5.41, 5.74) is 12.8. The Morgan fingerprint density at radius 2 is 0.742 bits per heavy atom. The molecule has 0 unspecified atom stereocenters. The first-order chi connectivity index (χ1) is 30.7. The number of rotatable bonds is 7. The third-order valence-corrected chi connectivity index (χ3v) is 13.0. The van der Waals surface area contributed by atoms with Gasteiger partial charge in [-0.3, -0.25) is 0 Å². The summed E-state index contributed by atoms with van der Waals surface area (Å²) in [5, 5.41) is 5.03. The van der Waals surface area contributed by atoms with Crippen LogP contribution >= 0.6 is 11.3 Å². The zero-order valence-corrected chi connectivity index (χ0v) is 34.3. The Balaban J connectivity index is 1.15. The Morgan fingerprint density at radius 1 is 0.290 bits per heavy atom. The predicted octanol–water partition coefficient (Wildman–Crippen LogP) is 15.3. The van der Waals surface area contributed by atoms with E-state index in [4.69, 9.17) is 15.0 Å². The fourth-order valence-corrected chi connectivity index (χ4v) is 10.0. The second-order valence-corrected chi connectivity index (χ2v) is 16.7. The third kappa shape index (κ3) is 6.18. The van der Waals surface area contributed by atoms with Crippen LogP contribution in [-0.2, 0) is 0 Å². The zero-order chi connectivity index (χ0) is 41.0. The molecule has 0 atom stereocenters. The van der Waals surface area contributed by atoms with E-state index in [1.54, 1.807) is 0 Å². The lowest BCUT2D eigenvalue weighted by molar-refractivity contribution is 1.07. The maximum atomic E-state index is 5.29. The highest BCUT2D eigenvalue weighted by atomic mass is 32.1. The summed E-state index contributed by atoms with van der Waals surface area (Å²) in [5.74, 6) is 1.85. The Morgan fingerprint density at radius 3 is 1.35 bits per heavy atom. The number of benzene rings is 9. The van der Waals surface area contributed by atoms with Gasteiger partial charge in [-0.1, -0.05) is 182 Å². The summed E-state index contributed by atoms with van der Waals surface area (Å²) in [6.07, 6.45) is 0. The van der Waals surface area contributed by atoms with E-state index >= 15 is 0 Å². The largest absolute Gasteiger partial charge is 0.308 e. The molecular weight excluding hydrogens is 773 g/mol. The lowest BCUT2D eigenvalue weighted by Crippen LogP contribution is -2.04. The molecule has 0 radical (unpaired) electrons. The predicted molar refractivity (Wildman–Crippen MR) is 260 cm³/mol. The smallest absolute Gasteiger partial charge is 0.164 e. The van der Waals surface area contributed by atoms with Crippen molar-refractivity contribution in [3.8, 4) is 73.2 Å². The average molecular weight is 809 g/mol. The van der Waals surface area contributed by atoms with Crippen molar-refractivity contribution >= 4 is 53.3 Å². The van der Waals surface area contributed by atoms with E-state index in [1.165, 1.54) is 42.0 Å². The summed E-state index contributed by atoms with van der Waals surface area (Å²) in [4.78, 5) is 15.6. The van der Waals surface area contributed by atoms with Crippen LogP contribution in [0.25, 0.3) is 115 Å². The lowest BCUT2D eigenvalue weighted by atomic mass is 9.92. The van der Waals surface area contributed by atoms with Crippen LogP contribution in [0, 0.1) is 0 Å². The van der Waals surface area contributed by atoms with Gasteiger partial charge in [-0.15, -0.1) is 11.3 Å². The van der Waals surface area contributed by atoms with Gasteiger partial charge in [0.05, 0.1) is 16.7 Å². The van der Waals surface area contributed by atoms with Gasteiger partial charge in [-0.05, 0) is 58.7 Å². The average Bonchev–Trinajstić information content (AvgIpc) is 3.88. The minimum absolute atomic E-state index is 0.608. The molecule has 0 bridgehead atoms. The Labute approximate surface area is 362 Å². The number of hydrogen-bond donors (Lipinski definition) is 0. The molecule has 0 amide bonds. The van der Waals surface area contributed by atoms with E-state index in [0.29, 0.717) is 17.5 Å². The van der Waals surface area contributed by atoms with Crippen LogP contribution in [0.4, 0.5) is 0 Å². The van der Waals surface area contributed by atoms with Crippen molar-refractivity contribution in [3.63, 3.8) is 0 Å². The van der Waals surface area contributed by atoms with Crippen molar-refractivity contribution in [3.05, 3.63) is 218 Å². The van der Waals surface area contributed by atoms with E-state index in [1.807, 2.05) is 35.6 Å². The number of para-hydroxylation sites is 1. The van der Waals surface area contributed by atoms with Gasteiger partial charge in [0, 0.05) is 58.8 Å². The van der Waals surface area contributed by atoms with Gasteiger partial charge in [0.25, 0.3) is 0 Å². The Kier molecular flexibility index (Phi) is 8.65. The van der Waals surface area contributed by atoms with Crippen molar-refractivity contribution in [1.82, 2.24) is 19.5 Å². The van der Waals surface area contributed by atoms with Crippen LogP contribution in [0.3, 0.4) is 0 Å². The zero-order valence-electron chi connectivity index (χ0n) is 33.5. The maximum Gasteiger partial charge on any atom is 0.164 e. The molecule has 0 spiro atoms. The quantitative estimate of drug-likeness (QED) is 0.161. The highest BCUT2D eigenvalue weighted by molar-refractivity contribution is 7.25. The molecule has 290 valence electrons. The maximum absolute atomic E-state index is 5.29. The van der Waals surface area contributed by atoms with E-state index in [2.05, 4.69) is 199 Å². The molecule has 12 rings (SSSR count). The van der Waals surface area contributed by atoms with Gasteiger partial charge < -0.3 is 4.57 Å². The summed E-state index contributed by atoms with van der Waals surface area (Å²) >= 11 is 1.85. The molecule has 0 aliphatic rings. The van der Waals surface area contributed by atoms with Crippen LogP contribution in [-0.4, -0.2) is 19.5 Å². The molecule has 3 heterocycles. The Hall–Kier alpha value is -7.99. The number of thiophene rings is 1. The summed E-state index contributed by atoms with van der Waals surface area (Å²) in [6.45, 7) is 0. The summed E-state index contributed by atoms with van der Waals surface area (Å²) in [7, 11) is 0. The van der Waals surface area contributed by atoms with Crippen molar-refractivity contribution < 1.29 is 0 Å². The molecule has 0 aliphatic carbocycles. The van der Waals surface area contributed by atoms with E-state index in [9.17, 15) is 0 Å². The number of aromatic nitrogens is 4. The van der Waals surface area contributed by atoms with Gasteiger partial charge in [0.2, 0.25) is 0 Å². The molecular formula is C57H36N4S. The van der Waals surface area contributed by atoms with Gasteiger partial charge in [0.1, 0.15) is 0 Å². The molecule has 9 aromatic carbocycles. The molecule has 0 fully saturated rings. The minimum atomic E-state index is 0.608. The molecule has 0 N–H and O–H groups in total. The van der Waals surface area contributed by atoms with Crippen molar-refractivity contribution in [2.75, 3.05) is 0 Å². The van der Waals surface area contributed by atoms with Crippen LogP contribution in [0.2, 0.25) is 0 Å². The normalized spacial score (nSPS) is 11.5. The van der Waals surface area contributed by atoms with Crippen molar-refractivity contribution in [1.29, 1.82) is 0 Å². The molecule has 4 nitrogen and oxygen atoms in total. The molecule has 0 saturated carbocycles. The molecule has 62 heavy (non-hydrogen) atoms. The monoisotopic (exact) mass is 808 g/mol. The van der Waals surface area contributed by atoms with E-state index in [-0.39, 0.29) is 0 Å². The van der Waals surface area contributed by atoms with Gasteiger partial charge in [-0.2, -0.15) is 0 Å². The third-order valence-electron chi connectivity index (χ3n) is 11.9. The molecule has 0 aliphatic heterocycles. The van der Waals surface area contributed by atoms with E-state index < -0.39 is 0 Å². The molecule has 3 aromatic heterocycles. The van der Waals surface area contributed by atoms with Crippen molar-refractivity contribution in [2.24, 2.45) is 0 Å². The van der Waals surface area contributed by atoms with Crippen LogP contribution < -0.4 is 0 Å². The molecule has 12 aromatic rings. The van der Waals surface area contributed by atoms with Gasteiger partial charge in [0.15, 0.2) is 17.5 Å². The highest BCUT2D eigenvalue weighted by Crippen LogP contribution is 2.46. The van der Waals surface area contributed by atoms with Crippen LogP contribution in [0.1, 0.15) is 0 Å². The Bertz CT molecular complexity index is 3540. The molecule has 0 saturated heterocycles. The first-order valence-corrected chi connectivity index (χ1v) is 21.7. The minimum Gasteiger partial charge on any atom is -0.308 e. The van der Waals surface area contributed by atoms with E-state index in [0.717, 1.165) is 55.7 Å². The van der Waals surface area contributed by atoms with Crippen LogP contribution in [0.15, 0.2) is 218 Å². The summed E-state index contributed by atoms with van der Waals surface area (Å²) < 4.78 is 5.06. The second kappa shape index (κ2) is 14.9. The number of nitrogens with zero attached hydrogens (tertiary/aromatic N) is 4. The van der Waals surface area contributed by atoms with Crippen LogP contribution in [0.5, 0.6) is 0 Å². The second-order valence-electron chi connectivity index (χ2n) is 15.6. The SMILES string of the molecule is c1ccc(-c2ccc(-c3nc(-c4ccccc4)nc(-c4cc(-c5ccccc5)c(-n5c6ccccc6c6cc7c(cc65)sc5ccccc57)c(-c5ccccc5)c4)n3)cc2)cc1. The number of hydrogen-bond acceptors (Lipinski definition) is 4. The van der Waals surface area contributed by atoms with Gasteiger partial charge in [-0.25, -0.2) is 15.0 Å². The summed E-state index contributed by atoms with van der Waals surface area (Å²) in [6, 6.07) is 77.5. The first-order valence-electron chi connectivity index (χ1n) is 20.8. The topological polar surface area (TPSA) is 43.6 Å². The fraction of sp³-hybridized carbons (Fsp3) is 0. The fourth-order valence-electron chi connectivity index (χ4n) is 8.90. The standard InChI is InChI=1S/C57H36N4S/c1-5-17-37(18-6-1)38-29-31-42(32-30-38)56-58-55(41-23-11-4-12-24-41)59-57(60-56)43-33-46(39-19-7-2-8-20-39)54(47(34-43)40-21-9-3-10-22-40)61-50-27-15-13-25-44(50)48-35-49-45-26-14-16-28-52(45)62-53(49)36-51(48)61/h1-36H.